The average molecular weight is 644 g/mol. The lowest BCUT2D eigenvalue weighted by Gasteiger charge is -2.30. The second-order valence-electron chi connectivity index (χ2n) is 11.5. The third kappa shape index (κ3) is 10.1. The molecule has 1 heterocycles. The second kappa shape index (κ2) is 16.9. The second-order valence-corrected chi connectivity index (χ2v) is 11.5. The number of imidazole rings is 1. The van der Waals surface area contributed by atoms with Crippen LogP contribution >= 0.6 is 0 Å². The molecule has 12 nitrogen and oxygen atoms in total. The number of carboxylic acid groups (broad SMARTS) is 1. The van der Waals surface area contributed by atoms with E-state index in [-0.39, 0.29) is 25.4 Å². The van der Waals surface area contributed by atoms with Gasteiger partial charge in [-0.3, -0.25) is 14.4 Å². The van der Waals surface area contributed by atoms with Crippen molar-refractivity contribution in [3.63, 3.8) is 0 Å². The predicted molar refractivity (Wildman–Crippen MR) is 175 cm³/mol. The van der Waals surface area contributed by atoms with Crippen LogP contribution < -0.4 is 16.0 Å². The zero-order valence-corrected chi connectivity index (χ0v) is 26.4. The third-order valence-electron chi connectivity index (χ3n) is 8.10. The van der Waals surface area contributed by atoms with Crippen molar-refractivity contribution in [1.82, 2.24) is 25.9 Å². The fourth-order valence-electron chi connectivity index (χ4n) is 5.35. The number of aromatic amines is 1. The first-order chi connectivity index (χ1) is 22.6. The summed E-state index contributed by atoms with van der Waals surface area (Å²) in [6, 6.07) is 19.3. The van der Waals surface area contributed by atoms with Crippen LogP contribution in [0.2, 0.25) is 0 Å². The van der Waals surface area contributed by atoms with Gasteiger partial charge in [-0.25, -0.2) is 9.78 Å². The molecule has 4 rings (SSSR count). The lowest BCUT2D eigenvalue weighted by Crippen LogP contribution is -2.58. The Bertz CT molecular complexity index is 1620. The summed E-state index contributed by atoms with van der Waals surface area (Å²) in [5, 5.41) is 30.0. The monoisotopic (exact) mass is 643 g/mol. The molecule has 248 valence electrons. The Morgan fingerprint density at radius 1 is 0.872 bits per heavy atom. The summed E-state index contributed by atoms with van der Waals surface area (Å²) in [5.41, 5.74) is 2.13. The number of rotatable bonds is 16. The van der Waals surface area contributed by atoms with E-state index < -0.39 is 54.5 Å². The first-order valence-electron chi connectivity index (χ1n) is 15.6. The maximum absolute atomic E-state index is 14.0. The Balaban J connectivity index is 1.58. The molecule has 0 aliphatic carbocycles. The van der Waals surface area contributed by atoms with Crippen molar-refractivity contribution in [2.75, 3.05) is 0 Å². The molecule has 0 bridgehead atoms. The molecular weight excluding hydrogens is 602 g/mol. The normalized spacial score (nSPS) is 14.3. The van der Waals surface area contributed by atoms with E-state index in [1.807, 2.05) is 79.7 Å². The molecule has 47 heavy (non-hydrogen) atoms. The first kappa shape index (κ1) is 34.6. The minimum Gasteiger partial charge on any atom is -0.481 e. The molecule has 12 heteroatoms. The number of H-pyrrole nitrogens is 1. The zero-order chi connectivity index (χ0) is 33.8. The van der Waals surface area contributed by atoms with Crippen LogP contribution in [0.1, 0.15) is 43.5 Å². The van der Waals surface area contributed by atoms with Crippen LogP contribution in [0.25, 0.3) is 10.8 Å². The van der Waals surface area contributed by atoms with Gasteiger partial charge in [0.1, 0.15) is 18.7 Å². The number of carboxylic acids is 1. The minimum atomic E-state index is -1.35. The number of aromatic nitrogens is 2. The summed E-state index contributed by atoms with van der Waals surface area (Å²) in [4.78, 5) is 59.0. The average Bonchev–Trinajstić information content (AvgIpc) is 3.58. The molecular formula is C35H41N5O7. The van der Waals surface area contributed by atoms with Gasteiger partial charge >= 0.3 is 12.1 Å². The van der Waals surface area contributed by atoms with Gasteiger partial charge in [0.05, 0.1) is 24.9 Å². The maximum atomic E-state index is 14.0. The van der Waals surface area contributed by atoms with Gasteiger partial charge in [-0.05, 0) is 27.8 Å². The summed E-state index contributed by atoms with van der Waals surface area (Å²) in [6.07, 6.45) is 0.907. The lowest BCUT2D eigenvalue weighted by molar-refractivity contribution is -0.140. The third-order valence-corrected chi connectivity index (χ3v) is 8.10. The summed E-state index contributed by atoms with van der Waals surface area (Å²) < 4.78 is 5.42. The number of ether oxygens (including phenoxy) is 1. The molecule has 0 saturated heterocycles. The smallest absolute Gasteiger partial charge is 0.408 e. The van der Waals surface area contributed by atoms with Crippen LogP contribution in [0, 0.1) is 5.92 Å². The van der Waals surface area contributed by atoms with Crippen molar-refractivity contribution in [1.29, 1.82) is 0 Å². The molecule has 3 amide bonds. The number of carbonyl (C=O) groups excluding carboxylic acids is 3. The van der Waals surface area contributed by atoms with Crippen LogP contribution in [0.4, 0.5) is 4.79 Å². The van der Waals surface area contributed by atoms with E-state index in [9.17, 15) is 29.4 Å². The highest BCUT2D eigenvalue weighted by Crippen LogP contribution is 2.20. The molecule has 0 radical (unpaired) electrons. The Morgan fingerprint density at radius 2 is 1.55 bits per heavy atom. The van der Waals surface area contributed by atoms with Gasteiger partial charge in [-0.1, -0.05) is 93.1 Å². The Kier molecular flexibility index (Phi) is 12.5. The number of hydrogen-bond acceptors (Lipinski definition) is 7. The molecule has 0 aliphatic heterocycles. The number of aliphatic hydroxyl groups excluding tert-OH is 1. The van der Waals surface area contributed by atoms with E-state index in [0.29, 0.717) is 12.1 Å². The number of alkyl carbamates (subject to hydrolysis) is 1. The topological polar surface area (TPSA) is 183 Å². The number of nitrogens with zero attached hydrogens (tertiary/aromatic N) is 1. The molecule has 0 spiro atoms. The number of hydrogen-bond donors (Lipinski definition) is 6. The Morgan fingerprint density at radius 3 is 2.26 bits per heavy atom. The van der Waals surface area contributed by atoms with Crippen LogP contribution in [0.15, 0.2) is 85.3 Å². The molecule has 3 aromatic carbocycles. The molecule has 0 aliphatic rings. The summed E-state index contributed by atoms with van der Waals surface area (Å²) in [7, 11) is 0. The number of carbonyl (C=O) groups is 4. The quantitative estimate of drug-likeness (QED) is 0.107. The van der Waals surface area contributed by atoms with Crippen molar-refractivity contribution in [2.24, 2.45) is 5.92 Å². The van der Waals surface area contributed by atoms with Gasteiger partial charge in [0.25, 0.3) is 0 Å². The summed E-state index contributed by atoms with van der Waals surface area (Å²) in [5.74, 6) is -2.74. The summed E-state index contributed by atoms with van der Waals surface area (Å²) in [6.45, 7) is 3.65. The molecule has 6 N–H and O–H groups in total. The van der Waals surface area contributed by atoms with Crippen molar-refractivity contribution in [3.8, 4) is 0 Å². The van der Waals surface area contributed by atoms with Crippen molar-refractivity contribution in [3.05, 3.63) is 102 Å². The Hall–Kier alpha value is -5.23. The van der Waals surface area contributed by atoms with Crippen molar-refractivity contribution >= 4 is 34.6 Å². The van der Waals surface area contributed by atoms with Gasteiger partial charge in [-0.2, -0.15) is 0 Å². The fraction of sp³-hybridized carbons (Fsp3) is 0.343. The van der Waals surface area contributed by atoms with Gasteiger partial charge in [0.15, 0.2) is 0 Å². The SMILES string of the molecule is CCC(C)[C@H](NC(=O)C(Cc1cnc[nH]1)NC(=O)[C@H](Cc1cccc2ccccc12)NC(=O)OCc1ccccc1)[C@@H](O)CC(=O)O. The van der Waals surface area contributed by atoms with E-state index >= 15 is 0 Å². The van der Waals surface area contributed by atoms with E-state index in [0.717, 1.165) is 21.9 Å². The molecule has 1 aromatic heterocycles. The van der Waals surface area contributed by atoms with E-state index in [1.165, 1.54) is 12.5 Å². The van der Waals surface area contributed by atoms with Gasteiger partial charge in [0.2, 0.25) is 11.8 Å². The number of benzene rings is 3. The highest BCUT2D eigenvalue weighted by Gasteiger charge is 2.33. The largest absolute Gasteiger partial charge is 0.481 e. The lowest BCUT2D eigenvalue weighted by atomic mass is 9.92. The molecule has 0 fully saturated rings. The van der Waals surface area contributed by atoms with Crippen LogP contribution in [0.5, 0.6) is 0 Å². The van der Waals surface area contributed by atoms with Gasteiger partial charge in [-0.15, -0.1) is 0 Å². The number of fused-ring (bicyclic) bond motifs is 1. The molecule has 4 aromatic rings. The van der Waals surface area contributed by atoms with Crippen LogP contribution in [-0.4, -0.2) is 68.3 Å². The number of amides is 3. The van der Waals surface area contributed by atoms with E-state index in [1.54, 1.807) is 6.92 Å². The van der Waals surface area contributed by atoms with Gasteiger partial charge < -0.3 is 35.9 Å². The summed E-state index contributed by atoms with van der Waals surface area (Å²) >= 11 is 0. The number of aliphatic hydroxyl groups is 1. The van der Waals surface area contributed by atoms with E-state index in [2.05, 4.69) is 25.9 Å². The maximum Gasteiger partial charge on any atom is 0.408 e. The Labute approximate surface area is 272 Å². The van der Waals surface area contributed by atoms with Gasteiger partial charge in [0, 0.05) is 24.7 Å². The van der Waals surface area contributed by atoms with Crippen LogP contribution in [0.3, 0.4) is 0 Å². The highest BCUT2D eigenvalue weighted by molar-refractivity contribution is 5.93. The number of nitrogens with one attached hydrogen (secondary N) is 4. The predicted octanol–water partition coefficient (Wildman–Crippen LogP) is 3.49. The van der Waals surface area contributed by atoms with Crippen molar-refractivity contribution in [2.45, 2.75) is 70.4 Å². The highest BCUT2D eigenvalue weighted by atomic mass is 16.5. The van der Waals surface area contributed by atoms with Crippen molar-refractivity contribution < 1.29 is 34.1 Å². The number of aliphatic carboxylic acids is 1. The standard InChI is InChI=1S/C35H41N5O7/c1-3-22(2)32(30(41)18-31(42)43)40-34(45)29(17-26-19-36-21-37-26)38-33(44)28(39-35(46)47-20-23-10-5-4-6-11-23)16-25-14-9-13-24-12-7-8-15-27(24)25/h4-15,19,21-22,28-30,32,41H,3,16-18,20H2,1-2H3,(H,36,37)(H,38,44)(H,39,46)(H,40,45)(H,42,43)/t22?,28-,29?,30-,32-/m0/s1. The zero-order valence-electron chi connectivity index (χ0n) is 26.4. The fourth-order valence-corrected chi connectivity index (χ4v) is 5.35. The molecule has 0 saturated carbocycles. The molecule has 5 atom stereocenters. The van der Waals surface area contributed by atoms with Crippen LogP contribution in [-0.2, 0) is 38.6 Å². The molecule has 2 unspecified atom stereocenters. The first-order valence-corrected chi connectivity index (χ1v) is 15.6. The van der Waals surface area contributed by atoms with E-state index in [4.69, 9.17) is 4.74 Å². The minimum absolute atomic E-state index is 0.00416.